The summed E-state index contributed by atoms with van der Waals surface area (Å²) in [6, 6.07) is 3.97. The van der Waals surface area contributed by atoms with Gasteiger partial charge >= 0.3 is 0 Å². The fourth-order valence-corrected chi connectivity index (χ4v) is 3.69. The van der Waals surface area contributed by atoms with Crippen molar-refractivity contribution in [2.75, 3.05) is 52.5 Å². The van der Waals surface area contributed by atoms with Crippen molar-refractivity contribution in [3.8, 4) is 0 Å². The minimum Gasteiger partial charge on any atom is -0.469 e. The van der Waals surface area contributed by atoms with Crippen molar-refractivity contribution >= 4 is 29.9 Å². The molecule has 2 saturated heterocycles. The minimum atomic E-state index is 0. The van der Waals surface area contributed by atoms with Gasteiger partial charge in [-0.1, -0.05) is 13.8 Å². The Hall–Kier alpha value is -0.800. The summed E-state index contributed by atoms with van der Waals surface area (Å²) in [6.07, 6.45) is 3.69. The van der Waals surface area contributed by atoms with Crippen LogP contribution in [0.25, 0.3) is 0 Å². The van der Waals surface area contributed by atoms with Gasteiger partial charge in [0.05, 0.1) is 19.5 Å². The van der Waals surface area contributed by atoms with Crippen LogP contribution in [0.2, 0.25) is 0 Å². The SMILES string of the molecule is CC1(C)CN(C(=NCCCN2CCOCC2)NCCc2ccco2)C1(C)C.I. The molecule has 6 nitrogen and oxygen atoms in total. The molecule has 0 atom stereocenters. The zero-order valence-electron chi connectivity index (χ0n) is 17.9. The van der Waals surface area contributed by atoms with Crippen LogP contribution in [0.3, 0.4) is 0 Å². The molecule has 3 rings (SSSR count). The number of nitrogens with one attached hydrogen (secondary N) is 1. The van der Waals surface area contributed by atoms with E-state index < -0.39 is 0 Å². The Morgan fingerprint density at radius 2 is 1.96 bits per heavy atom. The Bertz CT molecular complexity index is 610. The first-order valence-corrected chi connectivity index (χ1v) is 10.3. The number of likely N-dealkylation sites (tertiary alicyclic amines) is 1. The maximum Gasteiger partial charge on any atom is 0.194 e. The molecule has 0 spiro atoms. The molecule has 7 heteroatoms. The van der Waals surface area contributed by atoms with Crippen LogP contribution >= 0.6 is 24.0 Å². The highest BCUT2D eigenvalue weighted by Gasteiger charge is 2.53. The van der Waals surface area contributed by atoms with Gasteiger partial charge in [-0.25, -0.2) is 0 Å². The molecule has 1 aromatic heterocycles. The Morgan fingerprint density at radius 1 is 1.21 bits per heavy atom. The molecule has 2 aliphatic rings. The Kier molecular flexibility index (Phi) is 8.63. The third kappa shape index (κ3) is 5.63. The van der Waals surface area contributed by atoms with Crippen molar-refractivity contribution in [1.82, 2.24) is 15.1 Å². The Balaban J connectivity index is 0.00000280. The van der Waals surface area contributed by atoms with Gasteiger partial charge in [-0.05, 0) is 32.4 Å². The highest BCUT2D eigenvalue weighted by Crippen LogP contribution is 2.46. The predicted molar refractivity (Wildman–Crippen MR) is 125 cm³/mol. The summed E-state index contributed by atoms with van der Waals surface area (Å²) in [5, 5.41) is 3.57. The molecule has 0 aliphatic carbocycles. The standard InChI is InChI=1S/C21H36N4O2.HI/c1-20(2)17-25(21(20,3)4)19(23-10-8-18-7-5-14-27-18)22-9-6-11-24-12-15-26-16-13-24;/h5,7,14H,6,8-13,15-17H2,1-4H3,(H,22,23);1H. The highest BCUT2D eigenvalue weighted by molar-refractivity contribution is 14.0. The molecule has 0 amide bonds. The Morgan fingerprint density at radius 3 is 2.57 bits per heavy atom. The smallest absolute Gasteiger partial charge is 0.194 e. The summed E-state index contributed by atoms with van der Waals surface area (Å²) >= 11 is 0. The van der Waals surface area contributed by atoms with Gasteiger partial charge in [0.25, 0.3) is 0 Å². The molecule has 0 radical (unpaired) electrons. The normalized spacial score (nSPS) is 21.7. The lowest BCUT2D eigenvalue weighted by molar-refractivity contribution is -0.0668. The molecule has 28 heavy (non-hydrogen) atoms. The van der Waals surface area contributed by atoms with E-state index in [2.05, 4.69) is 42.8 Å². The number of nitrogens with zero attached hydrogens (tertiary/aromatic N) is 3. The van der Waals surface area contributed by atoms with Crippen molar-refractivity contribution in [3.05, 3.63) is 24.2 Å². The second kappa shape index (κ2) is 10.3. The van der Waals surface area contributed by atoms with E-state index in [0.717, 1.165) is 77.0 Å². The molecule has 0 bridgehead atoms. The van der Waals surface area contributed by atoms with E-state index in [1.807, 2.05) is 12.1 Å². The number of halogens is 1. The first kappa shape index (κ1) is 23.5. The fraction of sp³-hybridized carbons (Fsp3) is 0.762. The van der Waals surface area contributed by atoms with Crippen LogP contribution in [-0.2, 0) is 11.2 Å². The van der Waals surface area contributed by atoms with E-state index in [0.29, 0.717) is 5.41 Å². The quantitative estimate of drug-likeness (QED) is 0.268. The third-order valence-electron chi connectivity index (χ3n) is 6.37. The van der Waals surface area contributed by atoms with Gasteiger partial charge in [-0.2, -0.15) is 0 Å². The molecule has 160 valence electrons. The van der Waals surface area contributed by atoms with E-state index in [-0.39, 0.29) is 29.5 Å². The molecule has 2 fully saturated rings. The molecule has 1 N–H and O–H groups in total. The maximum atomic E-state index is 5.45. The number of furan rings is 1. The molecule has 1 aromatic rings. The lowest BCUT2D eigenvalue weighted by Crippen LogP contribution is -2.72. The third-order valence-corrected chi connectivity index (χ3v) is 6.37. The van der Waals surface area contributed by atoms with Crippen LogP contribution in [0.1, 0.15) is 39.9 Å². The van der Waals surface area contributed by atoms with Crippen LogP contribution in [0.5, 0.6) is 0 Å². The number of hydrogen-bond donors (Lipinski definition) is 1. The molecular weight excluding hydrogens is 467 g/mol. The monoisotopic (exact) mass is 504 g/mol. The number of aliphatic imine (C=N–C) groups is 1. The van der Waals surface area contributed by atoms with Crippen LogP contribution in [0.15, 0.2) is 27.8 Å². The first-order valence-electron chi connectivity index (χ1n) is 10.3. The lowest BCUT2D eigenvalue weighted by Gasteiger charge is -2.62. The summed E-state index contributed by atoms with van der Waals surface area (Å²) < 4.78 is 10.9. The van der Waals surface area contributed by atoms with Gasteiger partial charge in [0, 0.05) is 56.6 Å². The highest BCUT2D eigenvalue weighted by atomic mass is 127. The summed E-state index contributed by atoms with van der Waals surface area (Å²) in [6.45, 7) is 16.9. The van der Waals surface area contributed by atoms with Crippen LogP contribution in [0.4, 0.5) is 0 Å². The molecule has 0 aromatic carbocycles. The number of ether oxygens (including phenoxy) is 1. The fourth-order valence-electron chi connectivity index (χ4n) is 3.69. The summed E-state index contributed by atoms with van der Waals surface area (Å²) in [5.74, 6) is 2.05. The second-order valence-electron chi connectivity index (χ2n) is 8.80. The van der Waals surface area contributed by atoms with Gasteiger partial charge in [0.2, 0.25) is 0 Å². The van der Waals surface area contributed by atoms with Crippen molar-refractivity contribution in [3.63, 3.8) is 0 Å². The predicted octanol–water partition coefficient (Wildman–Crippen LogP) is 3.23. The molecule has 3 heterocycles. The van der Waals surface area contributed by atoms with E-state index in [9.17, 15) is 0 Å². The van der Waals surface area contributed by atoms with E-state index in [4.69, 9.17) is 14.1 Å². The first-order chi connectivity index (χ1) is 12.9. The van der Waals surface area contributed by atoms with Gasteiger partial charge in [-0.3, -0.25) is 9.89 Å². The zero-order valence-corrected chi connectivity index (χ0v) is 20.2. The number of morpholine rings is 1. The van der Waals surface area contributed by atoms with Gasteiger partial charge < -0.3 is 19.4 Å². The van der Waals surface area contributed by atoms with Gasteiger partial charge in [0.15, 0.2) is 5.96 Å². The largest absolute Gasteiger partial charge is 0.469 e. The van der Waals surface area contributed by atoms with Crippen molar-refractivity contribution in [2.45, 2.75) is 46.1 Å². The summed E-state index contributed by atoms with van der Waals surface area (Å²) in [7, 11) is 0. The topological polar surface area (TPSA) is 53.2 Å². The van der Waals surface area contributed by atoms with E-state index in [1.165, 1.54) is 0 Å². The van der Waals surface area contributed by atoms with Crippen molar-refractivity contribution in [1.29, 1.82) is 0 Å². The second-order valence-corrected chi connectivity index (χ2v) is 8.80. The average Bonchev–Trinajstić information content (AvgIpc) is 3.16. The molecule has 2 aliphatic heterocycles. The van der Waals surface area contributed by atoms with Crippen LogP contribution in [0, 0.1) is 5.41 Å². The number of rotatable bonds is 7. The van der Waals surface area contributed by atoms with Gasteiger partial charge in [-0.15, -0.1) is 24.0 Å². The Labute approximate surface area is 187 Å². The molecule has 0 unspecified atom stereocenters. The summed E-state index contributed by atoms with van der Waals surface area (Å²) in [4.78, 5) is 9.85. The van der Waals surface area contributed by atoms with Crippen LogP contribution in [-0.4, -0.2) is 73.8 Å². The van der Waals surface area contributed by atoms with Gasteiger partial charge in [0.1, 0.15) is 5.76 Å². The molecular formula is C21H37IN4O2. The van der Waals surface area contributed by atoms with E-state index in [1.54, 1.807) is 6.26 Å². The van der Waals surface area contributed by atoms with E-state index >= 15 is 0 Å². The minimum absolute atomic E-state index is 0. The number of hydrogen-bond acceptors (Lipinski definition) is 4. The average molecular weight is 504 g/mol. The summed E-state index contributed by atoms with van der Waals surface area (Å²) in [5.41, 5.74) is 0.401. The zero-order chi connectivity index (χ0) is 19.3. The van der Waals surface area contributed by atoms with Crippen molar-refractivity contribution < 1.29 is 9.15 Å². The lowest BCUT2D eigenvalue weighted by atomic mass is 9.65. The molecule has 0 saturated carbocycles. The number of guanidine groups is 1. The van der Waals surface area contributed by atoms with Crippen LogP contribution < -0.4 is 5.32 Å². The maximum absolute atomic E-state index is 5.45. The van der Waals surface area contributed by atoms with Crippen molar-refractivity contribution in [2.24, 2.45) is 10.4 Å².